The van der Waals surface area contributed by atoms with Gasteiger partial charge in [-0.3, -0.25) is 9.59 Å². The van der Waals surface area contributed by atoms with Gasteiger partial charge in [-0.1, -0.05) is 48.5 Å². The Labute approximate surface area is 213 Å². The van der Waals surface area contributed by atoms with Crippen LogP contribution in [0.3, 0.4) is 0 Å². The fourth-order valence-electron chi connectivity index (χ4n) is 3.86. The van der Waals surface area contributed by atoms with Gasteiger partial charge in [-0.05, 0) is 60.5 Å². The largest absolute Gasteiger partial charge is 0.454 e. The SMILES string of the molecule is Cc1ccccc1C(=O)Nc1ccc(SC(C(=O)Nc2ccc3c(c2)OCO3)c2ccccc2)cc1. The molecule has 7 heteroatoms. The second kappa shape index (κ2) is 10.6. The van der Waals surface area contributed by atoms with Crippen LogP contribution in [0.15, 0.2) is 102 Å². The van der Waals surface area contributed by atoms with E-state index in [-0.39, 0.29) is 18.6 Å². The fraction of sp³-hybridized carbons (Fsp3) is 0.103. The van der Waals surface area contributed by atoms with Crippen LogP contribution in [-0.2, 0) is 4.79 Å². The van der Waals surface area contributed by atoms with Crippen LogP contribution in [0, 0.1) is 6.92 Å². The molecule has 4 aromatic carbocycles. The Bertz CT molecular complexity index is 1390. The highest BCUT2D eigenvalue weighted by molar-refractivity contribution is 8.00. The lowest BCUT2D eigenvalue weighted by Crippen LogP contribution is -2.19. The molecule has 1 heterocycles. The molecule has 0 aromatic heterocycles. The van der Waals surface area contributed by atoms with Crippen LogP contribution in [0.25, 0.3) is 0 Å². The quantitative estimate of drug-likeness (QED) is 0.288. The molecule has 0 saturated carbocycles. The van der Waals surface area contributed by atoms with Crippen LogP contribution < -0.4 is 20.1 Å². The van der Waals surface area contributed by atoms with Gasteiger partial charge in [0.25, 0.3) is 5.91 Å². The minimum Gasteiger partial charge on any atom is -0.454 e. The summed E-state index contributed by atoms with van der Waals surface area (Å²) in [6.45, 7) is 2.09. The van der Waals surface area contributed by atoms with E-state index < -0.39 is 5.25 Å². The minimum atomic E-state index is -0.482. The lowest BCUT2D eigenvalue weighted by Gasteiger charge is -2.17. The molecular formula is C29H24N2O4S. The number of hydrogen-bond acceptors (Lipinski definition) is 5. The lowest BCUT2D eigenvalue weighted by atomic mass is 10.1. The van der Waals surface area contributed by atoms with E-state index in [0.29, 0.717) is 28.4 Å². The topological polar surface area (TPSA) is 76.7 Å². The third-order valence-electron chi connectivity index (χ3n) is 5.74. The molecule has 0 saturated heterocycles. The van der Waals surface area contributed by atoms with Crippen molar-refractivity contribution in [3.63, 3.8) is 0 Å². The third-order valence-corrected chi connectivity index (χ3v) is 7.00. The summed E-state index contributed by atoms with van der Waals surface area (Å²) in [5.74, 6) is 0.970. The summed E-state index contributed by atoms with van der Waals surface area (Å²) < 4.78 is 10.8. The molecule has 6 nitrogen and oxygen atoms in total. The molecule has 2 amide bonds. The van der Waals surface area contributed by atoms with E-state index in [1.54, 1.807) is 24.3 Å². The molecule has 36 heavy (non-hydrogen) atoms. The van der Waals surface area contributed by atoms with Gasteiger partial charge in [-0.25, -0.2) is 0 Å². The summed E-state index contributed by atoms with van der Waals surface area (Å²) in [6, 6.07) is 29.9. The number of thioether (sulfide) groups is 1. The predicted molar refractivity (Wildman–Crippen MR) is 142 cm³/mol. The Kier molecular flexibility index (Phi) is 6.91. The normalized spacial score (nSPS) is 12.6. The van der Waals surface area contributed by atoms with Crippen LogP contribution in [0.5, 0.6) is 11.5 Å². The first kappa shape index (κ1) is 23.5. The lowest BCUT2D eigenvalue weighted by molar-refractivity contribution is -0.115. The Morgan fingerprint density at radius 2 is 1.47 bits per heavy atom. The van der Waals surface area contributed by atoms with Crippen molar-refractivity contribution in [3.8, 4) is 11.5 Å². The van der Waals surface area contributed by atoms with Crippen LogP contribution in [0.1, 0.15) is 26.7 Å². The van der Waals surface area contributed by atoms with Crippen molar-refractivity contribution < 1.29 is 19.1 Å². The van der Waals surface area contributed by atoms with Gasteiger partial charge in [0.2, 0.25) is 12.7 Å². The molecule has 1 aliphatic heterocycles. The van der Waals surface area contributed by atoms with Crippen molar-refractivity contribution in [3.05, 3.63) is 114 Å². The van der Waals surface area contributed by atoms with Crippen molar-refractivity contribution in [1.29, 1.82) is 0 Å². The first-order chi connectivity index (χ1) is 17.6. The average molecular weight is 497 g/mol. The van der Waals surface area contributed by atoms with Gasteiger partial charge >= 0.3 is 0 Å². The number of carbonyl (C=O) groups is 2. The molecule has 0 bridgehead atoms. The second-order valence-electron chi connectivity index (χ2n) is 8.26. The summed E-state index contributed by atoms with van der Waals surface area (Å²) >= 11 is 1.44. The van der Waals surface area contributed by atoms with E-state index >= 15 is 0 Å². The molecule has 1 atom stereocenters. The maximum absolute atomic E-state index is 13.4. The molecule has 0 fully saturated rings. The first-order valence-corrected chi connectivity index (χ1v) is 12.3. The van der Waals surface area contributed by atoms with E-state index in [1.807, 2.05) is 79.7 Å². The number of aryl methyl sites for hydroxylation is 1. The van der Waals surface area contributed by atoms with Crippen molar-refractivity contribution in [1.82, 2.24) is 0 Å². The van der Waals surface area contributed by atoms with Crippen LogP contribution in [0.2, 0.25) is 0 Å². The van der Waals surface area contributed by atoms with Gasteiger partial charge in [-0.15, -0.1) is 11.8 Å². The number of amides is 2. The second-order valence-corrected chi connectivity index (χ2v) is 9.44. The molecule has 5 rings (SSSR count). The molecule has 0 aliphatic carbocycles. The Balaban J connectivity index is 1.31. The minimum absolute atomic E-state index is 0.151. The summed E-state index contributed by atoms with van der Waals surface area (Å²) in [7, 11) is 0. The average Bonchev–Trinajstić information content (AvgIpc) is 3.37. The standard InChI is InChI=1S/C29H24N2O4S/c1-19-7-5-6-10-24(19)28(32)30-21-11-14-23(15-12-21)36-27(20-8-3-2-4-9-20)29(33)31-22-13-16-25-26(17-22)35-18-34-25/h2-17,27H,18H2,1H3,(H,30,32)(H,31,33). The van der Waals surface area contributed by atoms with Crippen molar-refractivity contribution >= 4 is 35.0 Å². The zero-order chi connectivity index (χ0) is 24.9. The first-order valence-electron chi connectivity index (χ1n) is 11.5. The summed E-state index contributed by atoms with van der Waals surface area (Å²) in [5, 5.41) is 5.45. The van der Waals surface area contributed by atoms with E-state index in [2.05, 4.69) is 10.6 Å². The number of rotatable bonds is 7. The van der Waals surface area contributed by atoms with E-state index in [9.17, 15) is 9.59 Å². The van der Waals surface area contributed by atoms with Crippen LogP contribution >= 0.6 is 11.8 Å². The molecule has 4 aromatic rings. The number of benzene rings is 4. The molecule has 1 aliphatic rings. The third kappa shape index (κ3) is 5.37. The van der Waals surface area contributed by atoms with Gasteiger partial charge in [-0.2, -0.15) is 0 Å². The Hall–Kier alpha value is -4.23. The molecule has 2 N–H and O–H groups in total. The molecule has 180 valence electrons. The number of hydrogen-bond donors (Lipinski definition) is 2. The van der Waals surface area contributed by atoms with Crippen molar-refractivity contribution in [2.24, 2.45) is 0 Å². The van der Waals surface area contributed by atoms with Gasteiger partial charge < -0.3 is 20.1 Å². The van der Waals surface area contributed by atoms with Crippen molar-refractivity contribution in [2.75, 3.05) is 17.4 Å². The number of ether oxygens (including phenoxy) is 2. The van der Waals surface area contributed by atoms with Gasteiger partial charge in [0.1, 0.15) is 5.25 Å². The Morgan fingerprint density at radius 3 is 2.25 bits per heavy atom. The van der Waals surface area contributed by atoms with Crippen LogP contribution in [-0.4, -0.2) is 18.6 Å². The van der Waals surface area contributed by atoms with Crippen molar-refractivity contribution in [2.45, 2.75) is 17.1 Å². The molecule has 0 radical (unpaired) electrons. The number of nitrogens with one attached hydrogen (secondary N) is 2. The molecule has 1 unspecified atom stereocenters. The fourth-order valence-corrected chi connectivity index (χ4v) is 4.89. The zero-order valence-corrected chi connectivity index (χ0v) is 20.4. The predicted octanol–water partition coefficient (Wildman–Crippen LogP) is 6.45. The zero-order valence-electron chi connectivity index (χ0n) is 19.6. The molecular weight excluding hydrogens is 472 g/mol. The monoisotopic (exact) mass is 496 g/mol. The Morgan fingerprint density at radius 1 is 0.778 bits per heavy atom. The van der Waals surface area contributed by atoms with Gasteiger partial charge in [0, 0.05) is 27.9 Å². The highest BCUT2D eigenvalue weighted by atomic mass is 32.2. The molecule has 0 spiro atoms. The van der Waals surface area contributed by atoms with Gasteiger partial charge in [0.05, 0.1) is 0 Å². The smallest absolute Gasteiger partial charge is 0.255 e. The number of carbonyl (C=O) groups excluding carboxylic acids is 2. The number of fused-ring (bicyclic) bond motifs is 1. The van der Waals surface area contributed by atoms with E-state index in [0.717, 1.165) is 16.0 Å². The van der Waals surface area contributed by atoms with E-state index in [4.69, 9.17) is 9.47 Å². The summed E-state index contributed by atoms with van der Waals surface area (Å²) in [6.07, 6.45) is 0. The highest BCUT2D eigenvalue weighted by Gasteiger charge is 2.23. The maximum atomic E-state index is 13.4. The van der Waals surface area contributed by atoms with Gasteiger partial charge in [0.15, 0.2) is 11.5 Å². The number of anilines is 2. The summed E-state index contributed by atoms with van der Waals surface area (Å²) in [5.41, 5.74) is 3.77. The van der Waals surface area contributed by atoms with Crippen LogP contribution in [0.4, 0.5) is 11.4 Å². The summed E-state index contributed by atoms with van der Waals surface area (Å²) in [4.78, 5) is 26.9. The maximum Gasteiger partial charge on any atom is 0.255 e. The highest BCUT2D eigenvalue weighted by Crippen LogP contribution is 2.38. The van der Waals surface area contributed by atoms with E-state index in [1.165, 1.54) is 11.8 Å².